The second kappa shape index (κ2) is 17.1. The predicted octanol–water partition coefficient (Wildman–Crippen LogP) is 4.47. The number of carbonyl (C=O) groups is 3. The molecule has 0 amide bonds. The third-order valence-corrected chi connectivity index (χ3v) is 13.4. The average molecular weight is 840 g/mol. The molecule has 0 radical (unpaired) electrons. The number of aldehydes is 1. The van der Waals surface area contributed by atoms with Crippen LogP contribution in [0.15, 0.2) is 48.5 Å². The second-order valence-corrected chi connectivity index (χ2v) is 17.3. The van der Waals surface area contributed by atoms with Gasteiger partial charge in [-0.05, 0) is 98.5 Å². The number of fused-ring (bicyclic) bond motifs is 6. The number of ketones is 1. The molecule has 6 heterocycles. The van der Waals surface area contributed by atoms with Gasteiger partial charge in [-0.2, -0.15) is 0 Å². The van der Waals surface area contributed by atoms with E-state index in [9.17, 15) is 14.4 Å². The molecule has 6 aliphatic heterocycles. The number of rotatable bonds is 6. The minimum absolute atomic E-state index is 0.0190. The SMILES string of the molecule is COC(=O)CN1CCOCCN(CC(=O)C=O)c2ccc(C3=c4cc5c6c(c4Oc4c3cc3c7c4CCCN7CCC3)CCC[N+]=6CCC5)cc2OCCOc2cc(C)ccc21. The maximum atomic E-state index is 12.9. The quantitative estimate of drug-likeness (QED) is 0.105. The van der Waals surface area contributed by atoms with Crippen LogP contribution < -0.4 is 44.1 Å². The third-order valence-electron chi connectivity index (χ3n) is 13.4. The van der Waals surface area contributed by atoms with E-state index in [1.165, 1.54) is 40.4 Å². The van der Waals surface area contributed by atoms with Crippen LogP contribution in [-0.4, -0.2) is 104 Å². The molecule has 0 saturated carbocycles. The highest BCUT2D eigenvalue weighted by Gasteiger charge is 2.36. The molecule has 0 spiro atoms. The van der Waals surface area contributed by atoms with Crippen LogP contribution in [0.3, 0.4) is 0 Å². The molecular weight excluding hydrogens is 785 g/mol. The van der Waals surface area contributed by atoms with Crippen LogP contribution in [0.5, 0.6) is 23.0 Å². The number of carbonyl (C=O) groups excluding carboxylic acids is 3. The molecular formula is C50H55N4O8+. The fourth-order valence-corrected chi connectivity index (χ4v) is 10.6. The molecule has 10 rings (SSSR count). The van der Waals surface area contributed by atoms with Gasteiger partial charge >= 0.3 is 5.97 Å². The molecule has 0 N–H and O–H groups in total. The van der Waals surface area contributed by atoms with Gasteiger partial charge in [0.2, 0.25) is 11.1 Å². The van der Waals surface area contributed by atoms with Crippen molar-refractivity contribution in [3.8, 4) is 23.0 Å². The molecule has 62 heavy (non-hydrogen) atoms. The smallest absolute Gasteiger partial charge is 0.325 e. The van der Waals surface area contributed by atoms with Gasteiger partial charge in [-0.3, -0.25) is 14.4 Å². The molecule has 0 aromatic heterocycles. The lowest BCUT2D eigenvalue weighted by atomic mass is 9.82. The van der Waals surface area contributed by atoms with Gasteiger partial charge in [0.1, 0.15) is 55.8 Å². The number of methoxy groups -OCH3 is 1. The van der Waals surface area contributed by atoms with E-state index in [1.54, 1.807) is 0 Å². The highest BCUT2D eigenvalue weighted by molar-refractivity contribution is 6.26. The Labute approximate surface area is 362 Å². The number of Topliss-reactive ketones (excluding diaryl/α,β-unsaturated/α-hetero) is 1. The summed E-state index contributed by atoms with van der Waals surface area (Å²) in [5, 5.41) is 2.50. The summed E-state index contributed by atoms with van der Waals surface area (Å²) in [4.78, 5) is 43.5. The van der Waals surface area contributed by atoms with Crippen LogP contribution in [0.25, 0.3) is 5.57 Å². The molecule has 0 aliphatic carbocycles. The van der Waals surface area contributed by atoms with Crippen molar-refractivity contribution < 1.29 is 38.1 Å². The maximum absolute atomic E-state index is 12.9. The van der Waals surface area contributed by atoms with Crippen LogP contribution in [0.1, 0.15) is 64.6 Å². The molecule has 12 nitrogen and oxygen atoms in total. The van der Waals surface area contributed by atoms with E-state index >= 15 is 0 Å². The number of aryl methyl sites for hydroxylation is 3. The normalized spacial score (nSPS) is 18.1. The van der Waals surface area contributed by atoms with Crippen LogP contribution >= 0.6 is 0 Å². The summed E-state index contributed by atoms with van der Waals surface area (Å²) in [7, 11) is 1.37. The minimum atomic E-state index is -0.543. The number of anilines is 3. The first-order valence-corrected chi connectivity index (χ1v) is 22.4. The highest BCUT2D eigenvalue weighted by Crippen LogP contribution is 2.49. The summed E-state index contributed by atoms with van der Waals surface area (Å²) >= 11 is 0. The lowest BCUT2D eigenvalue weighted by Gasteiger charge is -2.39. The molecule has 322 valence electrons. The van der Waals surface area contributed by atoms with E-state index in [2.05, 4.69) is 33.7 Å². The molecule has 4 aromatic carbocycles. The summed E-state index contributed by atoms with van der Waals surface area (Å²) in [6.45, 7) is 7.90. The number of nitrogens with zero attached hydrogens (tertiary/aromatic N) is 4. The topological polar surface area (TPSA) is 110 Å². The van der Waals surface area contributed by atoms with Gasteiger partial charge in [0.05, 0.1) is 43.8 Å². The van der Waals surface area contributed by atoms with Crippen molar-refractivity contribution in [3.63, 3.8) is 0 Å². The standard InChI is InChI=1S/C50H55N4O8/c1-32-11-13-41-43(25-32)60-23-24-61-44-28-33(12-14-42(44)53(29-36(56)31-55)19-21-59-22-20-54(41)30-45(57)58-2)46-39-26-34-7-3-15-51-17-5-9-37(47(34)51)49(39)62-50-38-10-6-18-52-16-4-8-35(48(38)52)27-40(46)50/h11-14,25-28,31H,3-10,15-24,29-30H2,1-2H3/q+1. The zero-order valence-electron chi connectivity index (χ0n) is 35.9. The van der Waals surface area contributed by atoms with Crippen molar-refractivity contribution >= 4 is 40.7 Å². The molecule has 0 saturated heterocycles. The van der Waals surface area contributed by atoms with Gasteiger partial charge in [0.15, 0.2) is 6.29 Å². The molecule has 0 bridgehead atoms. The molecule has 4 aromatic rings. The van der Waals surface area contributed by atoms with E-state index in [-0.39, 0.29) is 38.9 Å². The number of esters is 1. The van der Waals surface area contributed by atoms with Gasteiger partial charge in [0, 0.05) is 72.2 Å². The number of ether oxygens (including phenoxy) is 5. The van der Waals surface area contributed by atoms with Crippen molar-refractivity contribution in [1.82, 2.24) is 4.58 Å². The van der Waals surface area contributed by atoms with E-state index in [1.807, 2.05) is 41.0 Å². The number of benzene rings is 4. The first kappa shape index (κ1) is 40.2. The van der Waals surface area contributed by atoms with E-state index in [4.69, 9.17) is 23.7 Å². The first-order chi connectivity index (χ1) is 30.4. The van der Waals surface area contributed by atoms with Gasteiger partial charge in [-0.25, -0.2) is 4.58 Å². The Morgan fingerprint density at radius 2 is 1.44 bits per heavy atom. The molecule has 6 aliphatic rings. The molecule has 0 atom stereocenters. The lowest BCUT2D eigenvalue weighted by molar-refractivity contribution is -0.139. The molecule has 12 heteroatoms. The predicted molar refractivity (Wildman–Crippen MR) is 237 cm³/mol. The molecule has 0 fully saturated rings. The zero-order chi connectivity index (χ0) is 42.3. The van der Waals surface area contributed by atoms with Crippen molar-refractivity contribution in [2.75, 3.05) is 101 Å². The third kappa shape index (κ3) is 7.46. The Bertz CT molecular complexity index is 2600. The van der Waals surface area contributed by atoms with Gasteiger partial charge < -0.3 is 38.4 Å². The Morgan fingerprint density at radius 1 is 0.742 bits per heavy atom. The van der Waals surface area contributed by atoms with E-state index in [0.717, 1.165) is 122 Å². The maximum Gasteiger partial charge on any atom is 0.325 e. The number of hydrogen-bond acceptors (Lipinski definition) is 11. The van der Waals surface area contributed by atoms with Crippen LogP contribution in [-0.2, 0) is 49.5 Å². The van der Waals surface area contributed by atoms with Gasteiger partial charge in [0.25, 0.3) is 0 Å². The van der Waals surface area contributed by atoms with E-state index < -0.39 is 5.78 Å². The first-order valence-electron chi connectivity index (χ1n) is 22.4. The monoisotopic (exact) mass is 839 g/mol. The highest BCUT2D eigenvalue weighted by atomic mass is 16.5. The van der Waals surface area contributed by atoms with Gasteiger partial charge in [-0.1, -0.05) is 12.1 Å². The van der Waals surface area contributed by atoms with Crippen LogP contribution in [0.4, 0.5) is 17.1 Å². The van der Waals surface area contributed by atoms with Crippen molar-refractivity contribution in [2.24, 2.45) is 0 Å². The van der Waals surface area contributed by atoms with Crippen LogP contribution in [0.2, 0.25) is 0 Å². The Hall–Kier alpha value is -5.88. The summed E-state index contributed by atoms with van der Waals surface area (Å²) in [6, 6.07) is 17.0. The Balaban J connectivity index is 1.12. The number of hydrogen-bond donors (Lipinski definition) is 0. The Kier molecular flexibility index (Phi) is 11.1. The summed E-state index contributed by atoms with van der Waals surface area (Å²) in [6.07, 6.45) is 8.87. The largest absolute Gasteiger partial charge is 0.488 e. The fourth-order valence-electron chi connectivity index (χ4n) is 10.6. The van der Waals surface area contributed by atoms with E-state index in [0.29, 0.717) is 43.2 Å². The second-order valence-electron chi connectivity index (χ2n) is 17.3. The van der Waals surface area contributed by atoms with Crippen LogP contribution in [0, 0.1) is 6.92 Å². The zero-order valence-corrected chi connectivity index (χ0v) is 35.9. The van der Waals surface area contributed by atoms with Crippen molar-refractivity contribution in [1.29, 1.82) is 0 Å². The van der Waals surface area contributed by atoms with Gasteiger partial charge in [-0.15, -0.1) is 0 Å². The summed E-state index contributed by atoms with van der Waals surface area (Å²) in [5.74, 6) is 2.25. The summed E-state index contributed by atoms with van der Waals surface area (Å²) in [5.41, 5.74) is 12.5. The molecule has 0 unspecified atom stereocenters. The minimum Gasteiger partial charge on any atom is -0.488 e. The van der Waals surface area contributed by atoms with Crippen molar-refractivity contribution in [2.45, 2.75) is 58.3 Å². The fraction of sp³-hybridized carbons (Fsp3) is 0.440. The van der Waals surface area contributed by atoms with Crippen molar-refractivity contribution in [3.05, 3.63) is 98.1 Å². The summed E-state index contributed by atoms with van der Waals surface area (Å²) < 4.78 is 34.3. The Morgan fingerprint density at radius 3 is 2.21 bits per heavy atom. The average Bonchev–Trinajstić information content (AvgIpc) is 3.29. The lowest BCUT2D eigenvalue weighted by Crippen LogP contribution is -2.45.